The van der Waals surface area contributed by atoms with Crippen LogP contribution in [0.3, 0.4) is 0 Å². The predicted octanol–water partition coefficient (Wildman–Crippen LogP) is 4.76. The smallest absolute Gasteiger partial charge is 0.308 e. The van der Waals surface area contributed by atoms with Gasteiger partial charge in [-0.2, -0.15) is 0 Å². The SMILES string of the molecule is CCCCCCCCCCOC(=O)CC1C(=O)NCCN1C(=O)COc1ccc(C(C)(C)C)cc1. The predicted molar refractivity (Wildman–Crippen MR) is 137 cm³/mol. The Morgan fingerprint density at radius 2 is 1.63 bits per heavy atom. The summed E-state index contributed by atoms with van der Waals surface area (Å²) in [4.78, 5) is 39.0. The molecule has 1 saturated heterocycles. The van der Waals surface area contributed by atoms with Crippen molar-refractivity contribution in [3.8, 4) is 5.75 Å². The minimum absolute atomic E-state index is 0.0333. The molecule has 0 bridgehead atoms. The maximum Gasteiger partial charge on any atom is 0.308 e. The summed E-state index contributed by atoms with van der Waals surface area (Å²) in [6, 6.07) is 6.79. The van der Waals surface area contributed by atoms with Crippen LogP contribution in [0, 0.1) is 0 Å². The number of nitrogens with one attached hydrogen (secondary N) is 1. The maximum absolute atomic E-state index is 12.8. The lowest BCUT2D eigenvalue weighted by molar-refractivity contribution is -0.152. The molecular formula is C28H44N2O5. The molecule has 0 radical (unpaired) electrons. The highest BCUT2D eigenvalue weighted by molar-refractivity contribution is 5.92. The van der Waals surface area contributed by atoms with Gasteiger partial charge in [0.05, 0.1) is 13.0 Å². The fourth-order valence-electron chi connectivity index (χ4n) is 4.13. The summed E-state index contributed by atoms with van der Waals surface area (Å²) in [7, 11) is 0. The second kappa shape index (κ2) is 14.7. The Morgan fingerprint density at radius 1 is 1.00 bits per heavy atom. The molecule has 1 atom stereocenters. The topological polar surface area (TPSA) is 84.9 Å². The highest BCUT2D eigenvalue weighted by Crippen LogP contribution is 2.24. The summed E-state index contributed by atoms with van der Waals surface area (Å²) in [5.41, 5.74) is 1.21. The van der Waals surface area contributed by atoms with Gasteiger partial charge in [0.25, 0.3) is 5.91 Å². The molecule has 1 aromatic rings. The van der Waals surface area contributed by atoms with Gasteiger partial charge in [-0.25, -0.2) is 0 Å². The van der Waals surface area contributed by atoms with Crippen LogP contribution in [0.5, 0.6) is 5.75 Å². The van der Waals surface area contributed by atoms with Gasteiger partial charge < -0.3 is 19.7 Å². The summed E-state index contributed by atoms with van der Waals surface area (Å²) in [5, 5.41) is 2.74. The van der Waals surface area contributed by atoms with Gasteiger partial charge in [0, 0.05) is 13.1 Å². The van der Waals surface area contributed by atoms with Crippen molar-refractivity contribution in [1.29, 1.82) is 0 Å². The Balaban J connectivity index is 1.76. The number of carbonyl (C=O) groups is 3. The number of amides is 2. The third-order valence-corrected chi connectivity index (χ3v) is 6.35. The first-order valence-corrected chi connectivity index (χ1v) is 13.2. The summed E-state index contributed by atoms with van der Waals surface area (Å²) in [6.07, 6.45) is 9.17. The molecule has 1 aliphatic rings. The first-order valence-electron chi connectivity index (χ1n) is 13.2. The van der Waals surface area contributed by atoms with E-state index in [-0.39, 0.29) is 30.3 Å². The molecule has 2 amide bonds. The summed E-state index contributed by atoms with van der Waals surface area (Å²) < 4.78 is 11.0. The van der Waals surface area contributed by atoms with Crippen LogP contribution in [0.4, 0.5) is 0 Å². The normalized spacial score (nSPS) is 16.1. The average molecular weight is 489 g/mol. The number of unbranched alkanes of at least 4 members (excludes halogenated alkanes) is 7. The van der Waals surface area contributed by atoms with Crippen LogP contribution in [0.25, 0.3) is 0 Å². The minimum atomic E-state index is -0.866. The van der Waals surface area contributed by atoms with Crippen LogP contribution in [0.15, 0.2) is 24.3 Å². The van der Waals surface area contributed by atoms with Crippen molar-refractivity contribution in [2.75, 3.05) is 26.3 Å². The van der Waals surface area contributed by atoms with Crippen LogP contribution in [-0.2, 0) is 24.5 Å². The number of rotatable bonds is 14. The molecule has 1 fully saturated rings. The highest BCUT2D eigenvalue weighted by Gasteiger charge is 2.35. The zero-order valence-electron chi connectivity index (χ0n) is 22.1. The molecule has 0 spiro atoms. The highest BCUT2D eigenvalue weighted by atomic mass is 16.5. The van der Waals surface area contributed by atoms with Crippen molar-refractivity contribution < 1.29 is 23.9 Å². The molecule has 1 N–H and O–H groups in total. The standard InChI is InChI=1S/C28H44N2O5/c1-5-6-7-8-9-10-11-12-19-34-26(32)20-24-27(33)29-17-18-30(24)25(31)21-35-23-15-13-22(14-16-23)28(2,3)4/h13-16,24H,5-12,17-21H2,1-4H3,(H,29,33). The maximum atomic E-state index is 12.8. The molecule has 35 heavy (non-hydrogen) atoms. The summed E-state index contributed by atoms with van der Waals surface area (Å²) in [6.45, 7) is 9.47. The van der Waals surface area contributed by atoms with Gasteiger partial charge in [-0.05, 0) is 29.5 Å². The van der Waals surface area contributed by atoms with Crippen molar-refractivity contribution in [1.82, 2.24) is 10.2 Å². The molecule has 7 heteroatoms. The Morgan fingerprint density at radius 3 is 2.26 bits per heavy atom. The first kappa shape index (κ1) is 28.7. The van der Waals surface area contributed by atoms with Crippen molar-refractivity contribution >= 4 is 17.8 Å². The monoisotopic (exact) mass is 488 g/mol. The van der Waals surface area contributed by atoms with Crippen LogP contribution < -0.4 is 10.1 Å². The van der Waals surface area contributed by atoms with Crippen LogP contribution in [-0.4, -0.2) is 55.0 Å². The van der Waals surface area contributed by atoms with E-state index in [0.717, 1.165) is 19.3 Å². The lowest BCUT2D eigenvalue weighted by Crippen LogP contribution is -2.58. The van der Waals surface area contributed by atoms with E-state index in [4.69, 9.17) is 9.47 Å². The molecule has 1 heterocycles. The lowest BCUT2D eigenvalue weighted by Gasteiger charge is -2.34. The van der Waals surface area contributed by atoms with Gasteiger partial charge in [-0.3, -0.25) is 14.4 Å². The zero-order chi connectivity index (χ0) is 25.7. The molecular weight excluding hydrogens is 444 g/mol. The van der Waals surface area contributed by atoms with E-state index in [9.17, 15) is 14.4 Å². The fourth-order valence-corrected chi connectivity index (χ4v) is 4.13. The number of esters is 1. The van der Waals surface area contributed by atoms with E-state index >= 15 is 0 Å². The number of hydrogen-bond donors (Lipinski definition) is 1. The van der Waals surface area contributed by atoms with E-state index in [1.165, 1.54) is 42.6 Å². The molecule has 1 unspecified atom stereocenters. The Hall–Kier alpha value is -2.57. The van der Waals surface area contributed by atoms with Crippen LogP contribution in [0.2, 0.25) is 0 Å². The van der Waals surface area contributed by atoms with Crippen molar-refractivity contribution in [3.05, 3.63) is 29.8 Å². The number of ether oxygens (including phenoxy) is 2. The van der Waals surface area contributed by atoms with Gasteiger partial charge in [0.2, 0.25) is 5.91 Å². The van der Waals surface area contributed by atoms with E-state index in [2.05, 4.69) is 33.0 Å². The third-order valence-electron chi connectivity index (χ3n) is 6.35. The first-order chi connectivity index (χ1) is 16.7. The number of hydrogen-bond acceptors (Lipinski definition) is 5. The molecule has 0 aliphatic carbocycles. The number of benzene rings is 1. The van der Waals surface area contributed by atoms with Gasteiger partial charge in [0.15, 0.2) is 6.61 Å². The third kappa shape index (κ3) is 10.3. The van der Waals surface area contributed by atoms with E-state index < -0.39 is 12.0 Å². The quantitative estimate of drug-likeness (QED) is 0.301. The van der Waals surface area contributed by atoms with E-state index in [1.807, 2.05) is 24.3 Å². The number of piperazine rings is 1. The van der Waals surface area contributed by atoms with Crippen molar-refractivity contribution in [3.63, 3.8) is 0 Å². The molecule has 196 valence electrons. The summed E-state index contributed by atoms with van der Waals surface area (Å²) >= 11 is 0. The van der Waals surface area contributed by atoms with Gasteiger partial charge in [-0.1, -0.05) is 84.8 Å². The molecule has 7 nitrogen and oxygen atoms in total. The average Bonchev–Trinajstić information content (AvgIpc) is 2.82. The molecule has 2 rings (SSSR count). The van der Waals surface area contributed by atoms with Crippen molar-refractivity contribution in [2.24, 2.45) is 0 Å². The van der Waals surface area contributed by atoms with Crippen molar-refractivity contribution in [2.45, 2.75) is 96.9 Å². The molecule has 1 aliphatic heterocycles. The molecule has 0 aromatic heterocycles. The van der Waals surface area contributed by atoms with Crippen LogP contribution >= 0.6 is 0 Å². The minimum Gasteiger partial charge on any atom is -0.484 e. The van der Waals surface area contributed by atoms with E-state index in [1.54, 1.807) is 0 Å². The Kier molecular flexibility index (Phi) is 12.1. The number of nitrogens with zero attached hydrogens (tertiary/aromatic N) is 1. The van der Waals surface area contributed by atoms with E-state index in [0.29, 0.717) is 25.4 Å². The number of carbonyl (C=O) groups excluding carboxylic acids is 3. The second-order valence-electron chi connectivity index (χ2n) is 10.4. The zero-order valence-corrected chi connectivity index (χ0v) is 22.1. The van der Waals surface area contributed by atoms with Gasteiger partial charge in [0.1, 0.15) is 11.8 Å². The lowest BCUT2D eigenvalue weighted by atomic mass is 9.87. The molecule has 1 aromatic carbocycles. The largest absolute Gasteiger partial charge is 0.484 e. The Bertz CT molecular complexity index is 801. The Labute approximate surface area is 210 Å². The second-order valence-corrected chi connectivity index (χ2v) is 10.4. The molecule has 0 saturated carbocycles. The van der Waals surface area contributed by atoms with Gasteiger partial charge in [-0.15, -0.1) is 0 Å². The summed E-state index contributed by atoms with van der Waals surface area (Å²) in [5.74, 6) is -0.510. The fraction of sp³-hybridized carbons (Fsp3) is 0.679. The van der Waals surface area contributed by atoms with Crippen LogP contribution in [0.1, 0.15) is 91.0 Å². The van der Waals surface area contributed by atoms with Gasteiger partial charge >= 0.3 is 5.97 Å².